The Morgan fingerprint density at radius 3 is 2.43 bits per heavy atom. The molecule has 0 radical (unpaired) electrons. The summed E-state index contributed by atoms with van der Waals surface area (Å²) >= 11 is 0. The lowest BCUT2D eigenvalue weighted by atomic mass is 9.95. The normalized spacial score (nSPS) is 15.4. The van der Waals surface area contributed by atoms with Gasteiger partial charge >= 0.3 is 5.97 Å². The third-order valence-electron chi connectivity index (χ3n) is 4.81. The molecule has 7 nitrogen and oxygen atoms in total. The number of hydrogen-bond acceptors (Lipinski definition) is 5. The van der Waals surface area contributed by atoms with Gasteiger partial charge in [0.05, 0.1) is 10.5 Å². The molecule has 28 heavy (non-hydrogen) atoms. The van der Waals surface area contributed by atoms with Gasteiger partial charge in [-0.05, 0) is 31.0 Å². The number of nitrogens with zero attached hydrogens (tertiary/aromatic N) is 1. The summed E-state index contributed by atoms with van der Waals surface area (Å²) in [6.07, 6.45) is 5.01. The highest BCUT2D eigenvalue weighted by Crippen LogP contribution is 2.20. The average Bonchev–Trinajstić information content (AvgIpc) is 2.68. The van der Waals surface area contributed by atoms with Gasteiger partial charge in [0.2, 0.25) is 10.0 Å². The van der Waals surface area contributed by atoms with Crippen molar-refractivity contribution in [2.24, 2.45) is 0 Å². The molecule has 1 aliphatic rings. The molecule has 156 valence electrons. The zero-order valence-corrected chi connectivity index (χ0v) is 17.1. The molecule has 0 aliphatic heterocycles. The third kappa shape index (κ3) is 5.51. The van der Waals surface area contributed by atoms with Crippen molar-refractivity contribution in [1.82, 2.24) is 9.62 Å². The molecular weight excluding hydrogens is 387 g/mol. The summed E-state index contributed by atoms with van der Waals surface area (Å²) in [7, 11) is -3.84. The number of rotatable bonds is 8. The fourth-order valence-electron chi connectivity index (χ4n) is 3.26. The van der Waals surface area contributed by atoms with Crippen molar-refractivity contribution in [3.8, 4) is 0 Å². The smallest absolute Gasteiger partial charge is 0.341 e. The number of halogens is 1. The van der Waals surface area contributed by atoms with Gasteiger partial charge in [0.1, 0.15) is 5.82 Å². The molecule has 0 spiro atoms. The summed E-state index contributed by atoms with van der Waals surface area (Å²) in [5, 5.41) is 2.79. The Labute approximate surface area is 165 Å². The molecule has 1 aliphatic carbocycles. The van der Waals surface area contributed by atoms with Crippen LogP contribution >= 0.6 is 0 Å². The molecule has 1 fully saturated rings. The molecule has 1 N–H and O–H groups in total. The van der Waals surface area contributed by atoms with E-state index in [1.165, 1.54) is 4.31 Å². The largest absolute Gasteiger partial charge is 0.452 e. The number of ether oxygens (including phenoxy) is 1. The predicted molar refractivity (Wildman–Crippen MR) is 102 cm³/mol. The van der Waals surface area contributed by atoms with Gasteiger partial charge in [0.15, 0.2) is 6.61 Å². The lowest BCUT2D eigenvalue weighted by molar-refractivity contribution is -0.125. The number of carbonyl (C=O) groups is 2. The molecule has 0 saturated heterocycles. The van der Waals surface area contributed by atoms with Crippen molar-refractivity contribution in [2.45, 2.75) is 56.9 Å². The van der Waals surface area contributed by atoms with E-state index >= 15 is 0 Å². The van der Waals surface area contributed by atoms with E-state index in [2.05, 4.69) is 5.32 Å². The van der Waals surface area contributed by atoms with E-state index in [0.29, 0.717) is 0 Å². The van der Waals surface area contributed by atoms with Gasteiger partial charge in [-0.2, -0.15) is 4.31 Å². The van der Waals surface area contributed by atoms with Gasteiger partial charge in [-0.1, -0.05) is 33.1 Å². The second-order valence-electron chi connectivity index (χ2n) is 6.71. The van der Waals surface area contributed by atoms with Gasteiger partial charge < -0.3 is 10.1 Å². The fourth-order valence-corrected chi connectivity index (χ4v) is 4.74. The maximum absolute atomic E-state index is 14.1. The molecule has 1 amide bonds. The van der Waals surface area contributed by atoms with Crippen LogP contribution in [0.15, 0.2) is 23.1 Å². The van der Waals surface area contributed by atoms with Crippen molar-refractivity contribution < 1.29 is 27.1 Å². The van der Waals surface area contributed by atoms with Crippen molar-refractivity contribution >= 4 is 21.9 Å². The lowest BCUT2D eigenvalue weighted by Gasteiger charge is -2.22. The van der Waals surface area contributed by atoms with Crippen LogP contribution in [0.4, 0.5) is 4.39 Å². The van der Waals surface area contributed by atoms with E-state index < -0.39 is 39.9 Å². The number of sulfonamides is 1. The number of benzene rings is 1. The molecule has 1 aromatic rings. The minimum absolute atomic E-state index is 0.0687. The molecule has 1 aromatic carbocycles. The third-order valence-corrected chi connectivity index (χ3v) is 6.85. The first-order valence-corrected chi connectivity index (χ1v) is 11.0. The second-order valence-corrected chi connectivity index (χ2v) is 8.65. The van der Waals surface area contributed by atoms with Crippen LogP contribution in [-0.2, 0) is 19.6 Å². The van der Waals surface area contributed by atoms with Gasteiger partial charge in [-0.15, -0.1) is 0 Å². The van der Waals surface area contributed by atoms with Crippen LogP contribution in [0.2, 0.25) is 0 Å². The van der Waals surface area contributed by atoms with Crippen LogP contribution in [0.25, 0.3) is 0 Å². The Morgan fingerprint density at radius 1 is 1.18 bits per heavy atom. The quantitative estimate of drug-likeness (QED) is 0.660. The first-order chi connectivity index (χ1) is 13.3. The molecular formula is C19H27FN2O5S. The Bertz CT molecular complexity index is 803. The Morgan fingerprint density at radius 2 is 1.82 bits per heavy atom. The second kappa shape index (κ2) is 9.97. The fraction of sp³-hybridized carbons (Fsp3) is 0.579. The summed E-state index contributed by atoms with van der Waals surface area (Å²) < 4.78 is 45.3. The minimum atomic E-state index is -3.84. The van der Waals surface area contributed by atoms with Gasteiger partial charge in [-0.25, -0.2) is 17.6 Å². The van der Waals surface area contributed by atoms with Crippen molar-refractivity contribution in [2.75, 3.05) is 19.7 Å². The van der Waals surface area contributed by atoms with Crippen molar-refractivity contribution in [1.29, 1.82) is 0 Å². The Kier molecular flexibility index (Phi) is 7.94. The molecule has 0 atom stereocenters. The molecule has 0 heterocycles. The highest BCUT2D eigenvalue weighted by atomic mass is 32.2. The van der Waals surface area contributed by atoms with Gasteiger partial charge in [0, 0.05) is 19.1 Å². The van der Waals surface area contributed by atoms with E-state index in [9.17, 15) is 22.4 Å². The van der Waals surface area contributed by atoms with Crippen LogP contribution in [0.1, 0.15) is 56.3 Å². The molecule has 9 heteroatoms. The van der Waals surface area contributed by atoms with Gasteiger partial charge in [0.25, 0.3) is 5.91 Å². The first-order valence-electron chi connectivity index (χ1n) is 9.55. The highest BCUT2D eigenvalue weighted by molar-refractivity contribution is 7.89. The van der Waals surface area contributed by atoms with E-state index in [4.69, 9.17) is 4.74 Å². The number of nitrogens with one attached hydrogen (secondary N) is 1. The van der Waals surface area contributed by atoms with Crippen molar-refractivity contribution in [3.63, 3.8) is 0 Å². The molecule has 2 rings (SSSR count). The van der Waals surface area contributed by atoms with E-state index in [1.807, 2.05) is 0 Å². The zero-order valence-electron chi connectivity index (χ0n) is 16.2. The lowest BCUT2D eigenvalue weighted by Crippen LogP contribution is -2.38. The summed E-state index contributed by atoms with van der Waals surface area (Å²) in [4.78, 5) is 23.9. The van der Waals surface area contributed by atoms with E-state index in [0.717, 1.165) is 50.3 Å². The van der Waals surface area contributed by atoms with Crippen LogP contribution in [0.3, 0.4) is 0 Å². The standard InChI is InChI=1S/C19H27FN2O5S/c1-3-22(4-2)28(25,26)15-10-11-17(20)16(12-15)19(24)27-13-18(23)21-14-8-6-5-7-9-14/h10-12,14H,3-9,13H2,1-2H3,(H,21,23). The SMILES string of the molecule is CCN(CC)S(=O)(=O)c1ccc(F)c(C(=O)OCC(=O)NC2CCCCC2)c1. The van der Waals surface area contributed by atoms with E-state index in [1.54, 1.807) is 13.8 Å². The molecule has 0 unspecified atom stereocenters. The zero-order chi connectivity index (χ0) is 20.7. The first kappa shape index (κ1) is 22.3. The number of hydrogen-bond donors (Lipinski definition) is 1. The number of esters is 1. The topological polar surface area (TPSA) is 92.8 Å². The average molecular weight is 414 g/mol. The summed E-state index contributed by atoms with van der Waals surface area (Å²) in [5.41, 5.74) is -0.515. The Balaban J connectivity index is 2.05. The van der Waals surface area contributed by atoms with Crippen molar-refractivity contribution in [3.05, 3.63) is 29.6 Å². The predicted octanol–water partition coefficient (Wildman–Crippen LogP) is 2.46. The monoisotopic (exact) mass is 414 g/mol. The van der Waals surface area contributed by atoms with E-state index in [-0.39, 0.29) is 24.0 Å². The van der Waals surface area contributed by atoms with Crippen LogP contribution < -0.4 is 5.32 Å². The van der Waals surface area contributed by atoms with Crippen LogP contribution in [0.5, 0.6) is 0 Å². The van der Waals surface area contributed by atoms with Crippen LogP contribution in [0, 0.1) is 5.82 Å². The number of amides is 1. The minimum Gasteiger partial charge on any atom is -0.452 e. The maximum atomic E-state index is 14.1. The highest BCUT2D eigenvalue weighted by Gasteiger charge is 2.25. The maximum Gasteiger partial charge on any atom is 0.341 e. The molecule has 1 saturated carbocycles. The van der Waals surface area contributed by atoms with Crippen LogP contribution in [-0.4, -0.2) is 50.3 Å². The molecule has 0 aromatic heterocycles. The summed E-state index contributed by atoms with van der Waals surface area (Å²) in [5.74, 6) is -2.43. The summed E-state index contributed by atoms with van der Waals surface area (Å²) in [6.45, 7) is 3.33. The molecule has 0 bridgehead atoms. The Hall–Kier alpha value is -2.00. The van der Waals surface area contributed by atoms with Gasteiger partial charge in [-0.3, -0.25) is 4.79 Å². The summed E-state index contributed by atoms with van der Waals surface area (Å²) in [6, 6.07) is 3.04. The number of carbonyl (C=O) groups excluding carboxylic acids is 2.